The van der Waals surface area contributed by atoms with Gasteiger partial charge in [0, 0.05) is 28.3 Å². The number of unbranched alkanes of at least 4 members (excludes halogenated alkanes) is 4. The number of alkyl halides is 3. The number of hydrogen-bond acceptors (Lipinski definition) is 2. The minimum atomic E-state index is -4.06. The second-order valence-electron chi connectivity index (χ2n) is 6.83. The van der Waals surface area contributed by atoms with Gasteiger partial charge in [-0.25, -0.2) is 0 Å². The molecule has 2 aromatic carbocycles. The highest BCUT2D eigenvalue weighted by molar-refractivity contribution is 6.31. The number of rotatable bonds is 8. The third-order valence-corrected chi connectivity index (χ3v) is 4.84. The quantitative estimate of drug-likeness (QED) is 0.334. The van der Waals surface area contributed by atoms with Crippen molar-refractivity contribution in [1.82, 2.24) is 4.98 Å². The molecule has 3 aromatic rings. The molecule has 28 heavy (non-hydrogen) atoms. The Hall–Kier alpha value is -2.21. The Bertz CT molecular complexity index is 1010. The van der Waals surface area contributed by atoms with Crippen molar-refractivity contribution in [2.24, 2.45) is 0 Å². The largest absolute Gasteiger partial charge is 0.494 e. The Morgan fingerprint density at radius 2 is 1.54 bits per heavy atom. The van der Waals surface area contributed by atoms with Crippen LogP contribution in [0.4, 0.5) is 13.2 Å². The number of H-pyrrole nitrogens is 1. The summed E-state index contributed by atoms with van der Waals surface area (Å²) in [6.45, 7) is 0.481. The molecule has 150 valence electrons. The van der Waals surface area contributed by atoms with Crippen molar-refractivity contribution in [3.05, 3.63) is 51.6 Å². The topological polar surface area (TPSA) is 42.1 Å². The van der Waals surface area contributed by atoms with E-state index in [0.717, 1.165) is 19.3 Å². The highest BCUT2D eigenvalue weighted by Gasteiger charge is 2.25. The van der Waals surface area contributed by atoms with Crippen LogP contribution in [0.1, 0.15) is 38.5 Å². The number of benzene rings is 2. The third-order valence-electron chi connectivity index (χ3n) is 4.60. The van der Waals surface area contributed by atoms with Crippen LogP contribution in [0.25, 0.3) is 21.8 Å². The summed E-state index contributed by atoms with van der Waals surface area (Å²) in [6.07, 6.45) is -1.65. The molecule has 0 aliphatic heterocycles. The van der Waals surface area contributed by atoms with E-state index in [-0.39, 0.29) is 11.8 Å². The third kappa shape index (κ3) is 5.41. The fraction of sp³-hybridized carbons (Fsp3) is 0.381. The van der Waals surface area contributed by atoms with E-state index >= 15 is 0 Å². The SMILES string of the molecule is O=c1c2ccc(Cl)cc2[nH]c2cc(OCCCCCCCC(F)(F)F)ccc12. The van der Waals surface area contributed by atoms with Crippen molar-refractivity contribution >= 4 is 33.4 Å². The molecule has 1 N–H and O–H groups in total. The fourth-order valence-corrected chi connectivity index (χ4v) is 3.34. The van der Waals surface area contributed by atoms with E-state index in [9.17, 15) is 18.0 Å². The molecule has 1 heterocycles. The molecular formula is C21H21ClF3NO2. The Labute approximate surface area is 165 Å². The lowest BCUT2D eigenvalue weighted by Crippen LogP contribution is -2.06. The maximum Gasteiger partial charge on any atom is 0.389 e. The zero-order valence-corrected chi connectivity index (χ0v) is 16.0. The molecular weight excluding hydrogens is 391 g/mol. The molecule has 0 spiro atoms. The van der Waals surface area contributed by atoms with Crippen LogP contribution in [-0.4, -0.2) is 17.8 Å². The Morgan fingerprint density at radius 1 is 0.893 bits per heavy atom. The van der Waals surface area contributed by atoms with Crippen LogP contribution in [0.15, 0.2) is 41.2 Å². The molecule has 1 aromatic heterocycles. The molecule has 3 nitrogen and oxygen atoms in total. The monoisotopic (exact) mass is 411 g/mol. The zero-order chi connectivity index (χ0) is 20.1. The van der Waals surface area contributed by atoms with E-state index in [1.165, 1.54) is 0 Å². The van der Waals surface area contributed by atoms with Gasteiger partial charge in [-0.05, 0) is 43.2 Å². The minimum absolute atomic E-state index is 0.0641. The summed E-state index contributed by atoms with van der Waals surface area (Å²) >= 11 is 6.00. The summed E-state index contributed by atoms with van der Waals surface area (Å²) in [4.78, 5) is 15.8. The molecule has 0 aliphatic carbocycles. The van der Waals surface area contributed by atoms with Crippen LogP contribution >= 0.6 is 11.6 Å². The lowest BCUT2D eigenvalue weighted by atomic mass is 10.1. The summed E-state index contributed by atoms with van der Waals surface area (Å²) in [6, 6.07) is 10.4. The lowest BCUT2D eigenvalue weighted by Gasteiger charge is -2.09. The molecule has 0 bridgehead atoms. The summed E-state index contributed by atoms with van der Waals surface area (Å²) in [5.41, 5.74) is 1.27. The Balaban J connectivity index is 1.54. The van der Waals surface area contributed by atoms with E-state index < -0.39 is 12.6 Å². The van der Waals surface area contributed by atoms with Gasteiger partial charge in [0.05, 0.1) is 17.6 Å². The van der Waals surface area contributed by atoms with E-state index in [1.807, 2.05) is 0 Å². The van der Waals surface area contributed by atoms with Gasteiger partial charge in [0.1, 0.15) is 5.75 Å². The van der Waals surface area contributed by atoms with Crippen LogP contribution in [0, 0.1) is 0 Å². The number of aromatic amines is 1. The number of halogens is 4. The smallest absolute Gasteiger partial charge is 0.389 e. The first-order chi connectivity index (χ1) is 13.3. The zero-order valence-electron chi connectivity index (χ0n) is 15.2. The van der Waals surface area contributed by atoms with Gasteiger partial charge in [-0.3, -0.25) is 4.79 Å². The molecule has 0 atom stereocenters. The predicted octanol–water partition coefficient (Wildman–Crippen LogP) is 6.62. The minimum Gasteiger partial charge on any atom is -0.494 e. The summed E-state index contributed by atoms with van der Waals surface area (Å²) < 4.78 is 41.9. The van der Waals surface area contributed by atoms with Crippen LogP contribution in [-0.2, 0) is 0 Å². The second-order valence-corrected chi connectivity index (χ2v) is 7.27. The summed E-state index contributed by atoms with van der Waals surface area (Å²) in [7, 11) is 0. The second kappa shape index (κ2) is 8.86. The van der Waals surface area contributed by atoms with Gasteiger partial charge in [-0.15, -0.1) is 0 Å². The molecule has 0 fully saturated rings. The average Bonchev–Trinajstić information content (AvgIpc) is 2.62. The van der Waals surface area contributed by atoms with Crippen LogP contribution in [0.5, 0.6) is 5.75 Å². The highest BCUT2D eigenvalue weighted by atomic mass is 35.5. The molecule has 0 aliphatic rings. The number of ether oxygens (including phenoxy) is 1. The van der Waals surface area contributed by atoms with Gasteiger partial charge in [0.25, 0.3) is 0 Å². The first kappa shape index (κ1) is 20.5. The summed E-state index contributed by atoms with van der Waals surface area (Å²) in [5, 5.41) is 1.70. The molecule has 0 saturated heterocycles. The van der Waals surface area contributed by atoms with E-state index in [2.05, 4.69) is 4.98 Å². The first-order valence-electron chi connectivity index (χ1n) is 9.28. The van der Waals surface area contributed by atoms with E-state index in [0.29, 0.717) is 45.6 Å². The maximum atomic E-state index is 12.6. The molecule has 0 saturated carbocycles. The van der Waals surface area contributed by atoms with Gasteiger partial charge in [0.15, 0.2) is 5.43 Å². The standard InChI is InChI=1S/C21H21ClF3NO2/c22-14-6-8-16-18(12-14)26-19-13-15(7-9-17(19)20(16)27)28-11-5-3-1-2-4-10-21(23,24)25/h6-9,12-13H,1-5,10-11H2,(H,26,27). The van der Waals surface area contributed by atoms with Gasteiger partial charge < -0.3 is 9.72 Å². The van der Waals surface area contributed by atoms with Crippen molar-refractivity contribution < 1.29 is 17.9 Å². The number of aromatic nitrogens is 1. The number of hydrogen-bond donors (Lipinski definition) is 1. The van der Waals surface area contributed by atoms with Crippen molar-refractivity contribution in [2.45, 2.75) is 44.7 Å². The summed E-state index contributed by atoms with van der Waals surface area (Å²) in [5.74, 6) is 0.640. The normalized spacial score (nSPS) is 12.0. The van der Waals surface area contributed by atoms with Gasteiger partial charge in [0.2, 0.25) is 0 Å². The molecule has 0 unspecified atom stereocenters. The van der Waals surface area contributed by atoms with Crippen molar-refractivity contribution in [3.8, 4) is 5.75 Å². The van der Waals surface area contributed by atoms with Crippen molar-refractivity contribution in [2.75, 3.05) is 6.61 Å². The number of fused-ring (bicyclic) bond motifs is 2. The van der Waals surface area contributed by atoms with Crippen molar-refractivity contribution in [1.29, 1.82) is 0 Å². The van der Waals surface area contributed by atoms with Gasteiger partial charge >= 0.3 is 6.18 Å². The number of nitrogens with one attached hydrogen (secondary N) is 1. The van der Waals surface area contributed by atoms with Crippen molar-refractivity contribution in [3.63, 3.8) is 0 Å². The first-order valence-corrected chi connectivity index (χ1v) is 9.66. The predicted molar refractivity (Wildman–Crippen MR) is 106 cm³/mol. The molecule has 7 heteroatoms. The average molecular weight is 412 g/mol. The van der Waals surface area contributed by atoms with E-state index in [4.69, 9.17) is 16.3 Å². The Morgan fingerprint density at radius 3 is 2.29 bits per heavy atom. The molecule has 0 amide bonds. The van der Waals surface area contributed by atoms with Gasteiger partial charge in [-0.2, -0.15) is 13.2 Å². The van der Waals surface area contributed by atoms with Crippen LogP contribution in [0.3, 0.4) is 0 Å². The molecule has 0 radical (unpaired) electrons. The number of pyridine rings is 1. The highest BCUT2D eigenvalue weighted by Crippen LogP contribution is 2.24. The van der Waals surface area contributed by atoms with Crippen LogP contribution in [0.2, 0.25) is 5.02 Å². The van der Waals surface area contributed by atoms with E-state index in [1.54, 1.807) is 36.4 Å². The lowest BCUT2D eigenvalue weighted by molar-refractivity contribution is -0.135. The van der Waals surface area contributed by atoms with Gasteiger partial charge in [-0.1, -0.05) is 30.9 Å². The maximum absolute atomic E-state index is 12.6. The van der Waals surface area contributed by atoms with Crippen LogP contribution < -0.4 is 10.2 Å². The molecule has 3 rings (SSSR count). The Kier molecular flexibility index (Phi) is 6.50. The fourth-order valence-electron chi connectivity index (χ4n) is 3.17.